The summed E-state index contributed by atoms with van der Waals surface area (Å²) in [6, 6.07) is -1.91. The van der Waals surface area contributed by atoms with Crippen molar-refractivity contribution in [2.75, 3.05) is 6.54 Å². The number of esters is 1. The fourth-order valence-electron chi connectivity index (χ4n) is 5.08. The molecule has 3 aliphatic rings. The van der Waals surface area contributed by atoms with Gasteiger partial charge in [0.2, 0.25) is 21.8 Å². The SMILES string of the molecule is C=C[C@@H]1C[C@]1(NC(=O)[C@@H]1CCCN1C(=O)[C@@H](CC(=O)OC(C)(C)C)C(C)C)C(C=O)NS(=O)(=O)C1CC1. The smallest absolute Gasteiger partial charge is 0.307 e. The third-order valence-electron chi connectivity index (χ3n) is 7.41. The maximum atomic E-state index is 13.5. The first-order chi connectivity index (χ1) is 17.1. The Kier molecular flexibility index (Phi) is 8.58. The van der Waals surface area contributed by atoms with Crippen molar-refractivity contribution in [1.29, 1.82) is 0 Å². The molecule has 3 fully saturated rings. The van der Waals surface area contributed by atoms with Crippen molar-refractivity contribution in [3.05, 3.63) is 12.7 Å². The molecule has 37 heavy (non-hydrogen) atoms. The largest absolute Gasteiger partial charge is 0.460 e. The van der Waals surface area contributed by atoms with Crippen LogP contribution in [-0.4, -0.2) is 72.4 Å². The van der Waals surface area contributed by atoms with E-state index in [2.05, 4.69) is 16.6 Å². The average Bonchev–Trinajstić information content (AvgIpc) is 3.70. The van der Waals surface area contributed by atoms with Gasteiger partial charge in [-0.15, -0.1) is 6.58 Å². The summed E-state index contributed by atoms with van der Waals surface area (Å²) in [5, 5.41) is 2.40. The van der Waals surface area contributed by atoms with E-state index in [1.54, 1.807) is 26.8 Å². The van der Waals surface area contributed by atoms with Crippen molar-refractivity contribution in [3.8, 4) is 0 Å². The van der Waals surface area contributed by atoms with Crippen molar-refractivity contribution >= 4 is 34.1 Å². The lowest BCUT2D eigenvalue weighted by molar-refractivity contribution is -0.159. The molecule has 0 aromatic heterocycles. The number of hydrogen-bond acceptors (Lipinski definition) is 7. The van der Waals surface area contributed by atoms with Crippen LogP contribution >= 0.6 is 0 Å². The van der Waals surface area contributed by atoms with Gasteiger partial charge in [0.05, 0.1) is 23.1 Å². The minimum absolute atomic E-state index is 0.0861. The molecule has 1 saturated heterocycles. The molecular formula is C26H41N3O7S. The highest BCUT2D eigenvalue weighted by molar-refractivity contribution is 7.90. The predicted molar refractivity (Wildman–Crippen MR) is 138 cm³/mol. The Balaban J connectivity index is 1.74. The fourth-order valence-corrected chi connectivity index (χ4v) is 6.65. The van der Waals surface area contributed by atoms with Crippen molar-refractivity contribution < 1.29 is 32.3 Å². The number of rotatable bonds is 12. The first-order valence-corrected chi connectivity index (χ1v) is 14.6. The molecular weight excluding hydrogens is 498 g/mol. The molecule has 0 aromatic carbocycles. The Labute approximate surface area is 220 Å². The van der Waals surface area contributed by atoms with Gasteiger partial charge in [0, 0.05) is 12.5 Å². The van der Waals surface area contributed by atoms with Crippen LogP contribution < -0.4 is 10.0 Å². The van der Waals surface area contributed by atoms with Crippen LogP contribution in [0.1, 0.15) is 73.1 Å². The lowest BCUT2D eigenvalue weighted by Gasteiger charge is -2.32. The van der Waals surface area contributed by atoms with Crippen LogP contribution in [0.2, 0.25) is 0 Å². The van der Waals surface area contributed by atoms with E-state index >= 15 is 0 Å². The van der Waals surface area contributed by atoms with Gasteiger partial charge in [-0.25, -0.2) is 13.1 Å². The van der Waals surface area contributed by atoms with E-state index in [9.17, 15) is 27.6 Å². The van der Waals surface area contributed by atoms with Crippen LogP contribution in [-0.2, 0) is 33.9 Å². The van der Waals surface area contributed by atoms with E-state index in [1.807, 2.05) is 13.8 Å². The van der Waals surface area contributed by atoms with Gasteiger partial charge in [-0.3, -0.25) is 14.4 Å². The molecule has 1 aliphatic heterocycles. The highest BCUT2D eigenvalue weighted by Crippen LogP contribution is 2.47. The second-order valence-electron chi connectivity index (χ2n) is 11.9. The van der Waals surface area contributed by atoms with E-state index in [0.717, 1.165) is 0 Å². The number of hydrogen-bond donors (Lipinski definition) is 2. The third-order valence-corrected chi connectivity index (χ3v) is 9.34. The maximum absolute atomic E-state index is 13.5. The molecule has 10 nitrogen and oxygen atoms in total. The summed E-state index contributed by atoms with van der Waals surface area (Å²) in [6.45, 7) is 13.1. The first-order valence-electron chi connectivity index (χ1n) is 13.1. The summed E-state index contributed by atoms with van der Waals surface area (Å²) < 4.78 is 33.0. The van der Waals surface area contributed by atoms with Crippen molar-refractivity contribution in [2.45, 2.75) is 102 Å². The van der Waals surface area contributed by atoms with Gasteiger partial charge in [-0.2, -0.15) is 0 Å². The minimum Gasteiger partial charge on any atom is -0.460 e. The minimum atomic E-state index is -3.67. The summed E-state index contributed by atoms with van der Waals surface area (Å²) in [5.41, 5.74) is -1.79. The Morgan fingerprint density at radius 3 is 2.32 bits per heavy atom. The molecule has 5 atom stereocenters. The molecule has 0 radical (unpaired) electrons. The van der Waals surface area contributed by atoms with Crippen LogP contribution in [0, 0.1) is 17.8 Å². The van der Waals surface area contributed by atoms with Crippen LogP contribution in [0.3, 0.4) is 0 Å². The fraction of sp³-hybridized carbons (Fsp3) is 0.769. The van der Waals surface area contributed by atoms with Crippen molar-refractivity contribution in [1.82, 2.24) is 14.9 Å². The first kappa shape index (κ1) is 29.3. The molecule has 1 heterocycles. The number of carbonyl (C=O) groups excluding carboxylic acids is 4. The molecule has 2 aliphatic carbocycles. The second kappa shape index (κ2) is 10.8. The number of carbonyl (C=O) groups is 4. The second-order valence-corrected chi connectivity index (χ2v) is 13.9. The summed E-state index contributed by atoms with van der Waals surface area (Å²) in [7, 11) is -3.67. The molecule has 208 valence electrons. The number of ether oxygens (including phenoxy) is 1. The van der Waals surface area contributed by atoms with Crippen molar-refractivity contribution in [3.63, 3.8) is 0 Å². The van der Waals surface area contributed by atoms with Crippen molar-refractivity contribution in [2.24, 2.45) is 17.8 Å². The molecule has 1 unspecified atom stereocenters. The highest BCUT2D eigenvalue weighted by atomic mass is 32.2. The molecule has 0 spiro atoms. The zero-order valence-corrected chi connectivity index (χ0v) is 23.3. The zero-order chi connectivity index (χ0) is 27.8. The number of aldehydes is 1. The Morgan fingerprint density at radius 2 is 1.84 bits per heavy atom. The predicted octanol–water partition coefficient (Wildman–Crippen LogP) is 1.69. The number of sulfonamides is 1. The summed E-state index contributed by atoms with van der Waals surface area (Å²) in [5.74, 6) is -2.28. The highest BCUT2D eigenvalue weighted by Gasteiger charge is 2.61. The average molecular weight is 540 g/mol. The molecule has 2 saturated carbocycles. The van der Waals surface area contributed by atoms with Crippen LogP contribution in [0.25, 0.3) is 0 Å². The Bertz CT molecular complexity index is 1030. The Hall–Kier alpha value is -2.27. The molecule has 3 rings (SSSR count). The standard InChI is InChI=1S/C26H41N3O7S/c1-7-17-14-26(17,21(15-30)28-37(34,35)18-10-11-18)27-23(32)20-9-8-12-29(20)24(33)19(16(2)3)13-22(31)36-25(4,5)6/h7,15-21,28H,1,8-14H2,2-6H3,(H,27,32)/t17-,19+,20+,21?,26-/m1/s1. The molecule has 0 bridgehead atoms. The summed E-state index contributed by atoms with van der Waals surface area (Å²) >= 11 is 0. The number of nitrogens with one attached hydrogen (secondary N) is 2. The van der Waals surface area contributed by atoms with Crippen LogP contribution in [0.15, 0.2) is 12.7 Å². The summed E-state index contributed by atoms with van der Waals surface area (Å²) in [6.07, 6.45) is 4.55. The molecule has 0 aromatic rings. The van der Waals surface area contributed by atoms with Crippen LogP contribution in [0.5, 0.6) is 0 Å². The van der Waals surface area contributed by atoms with Gasteiger partial charge >= 0.3 is 5.97 Å². The van der Waals surface area contributed by atoms with Gasteiger partial charge < -0.3 is 19.7 Å². The van der Waals surface area contributed by atoms with E-state index in [-0.39, 0.29) is 24.2 Å². The normalized spacial score (nSPS) is 27.4. The van der Waals surface area contributed by atoms with Crippen LogP contribution in [0.4, 0.5) is 0 Å². The number of nitrogens with zero attached hydrogens (tertiary/aromatic N) is 1. The lowest BCUT2D eigenvalue weighted by Crippen LogP contribution is -2.59. The quantitative estimate of drug-likeness (QED) is 0.219. The van der Waals surface area contributed by atoms with E-state index in [1.165, 1.54) is 4.90 Å². The van der Waals surface area contributed by atoms with Gasteiger partial charge in [0.1, 0.15) is 24.0 Å². The van der Waals surface area contributed by atoms with Gasteiger partial charge in [-0.1, -0.05) is 19.9 Å². The van der Waals surface area contributed by atoms with E-state index < -0.39 is 56.3 Å². The molecule has 11 heteroatoms. The zero-order valence-electron chi connectivity index (χ0n) is 22.5. The summed E-state index contributed by atoms with van der Waals surface area (Å²) in [4.78, 5) is 53.0. The van der Waals surface area contributed by atoms with E-state index in [0.29, 0.717) is 44.9 Å². The van der Waals surface area contributed by atoms with Gasteiger partial charge in [-0.05, 0) is 58.8 Å². The lowest BCUT2D eigenvalue weighted by atomic mass is 9.90. The number of likely N-dealkylation sites (tertiary alicyclic amines) is 1. The molecule has 2 amide bonds. The topological polar surface area (TPSA) is 139 Å². The van der Waals surface area contributed by atoms with Gasteiger partial charge in [0.15, 0.2) is 0 Å². The third kappa shape index (κ3) is 6.79. The Morgan fingerprint density at radius 1 is 1.19 bits per heavy atom. The number of amides is 2. The maximum Gasteiger partial charge on any atom is 0.307 e. The van der Waals surface area contributed by atoms with E-state index in [4.69, 9.17) is 4.74 Å². The monoisotopic (exact) mass is 539 g/mol. The van der Waals surface area contributed by atoms with Gasteiger partial charge in [0.25, 0.3) is 0 Å². The molecule has 2 N–H and O–H groups in total.